The van der Waals surface area contributed by atoms with Gasteiger partial charge in [-0.3, -0.25) is 4.98 Å². The Balaban J connectivity index is 3.60. The molecule has 0 aromatic carbocycles. The van der Waals surface area contributed by atoms with Crippen LogP contribution in [0.3, 0.4) is 0 Å². The fourth-order valence-corrected chi connectivity index (χ4v) is 1.27. The molecule has 0 aliphatic rings. The molecule has 0 saturated heterocycles. The van der Waals surface area contributed by atoms with Gasteiger partial charge < -0.3 is 5.11 Å². The number of nitrogens with zero attached hydrogens (tertiary/aromatic N) is 2. The molecule has 1 rings (SSSR count). The van der Waals surface area contributed by atoms with Gasteiger partial charge in [0.15, 0.2) is 5.69 Å². The minimum atomic E-state index is -5.00. The van der Waals surface area contributed by atoms with Crippen molar-refractivity contribution in [2.45, 2.75) is 19.2 Å². The van der Waals surface area contributed by atoms with E-state index in [1.54, 1.807) is 0 Å². The van der Waals surface area contributed by atoms with Gasteiger partial charge in [-0.1, -0.05) is 0 Å². The van der Waals surface area contributed by atoms with E-state index in [0.29, 0.717) is 6.20 Å². The topological polar surface area (TPSA) is 56.9 Å². The number of nitriles is 1. The van der Waals surface area contributed by atoms with Gasteiger partial charge in [-0.25, -0.2) is 8.78 Å². The molecular weight excluding hydrogens is 247 g/mol. The van der Waals surface area contributed by atoms with Gasteiger partial charge in [0, 0.05) is 17.3 Å². The highest BCUT2D eigenvalue weighted by molar-refractivity contribution is 5.46. The molecule has 8 heteroatoms. The van der Waals surface area contributed by atoms with Crippen LogP contribution in [0.2, 0.25) is 0 Å². The number of aromatic nitrogens is 1. The Morgan fingerprint density at radius 1 is 1.41 bits per heavy atom. The normalized spacial score (nSPS) is 11.6. The Morgan fingerprint density at radius 2 is 2.00 bits per heavy atom. The number of halogens is 5. The van der Waals surface area contributed by atoms with E-state index in [1.807, 2.05) is 0 Å². The summed E-state index contributed by atoms with van der Waals surface area (Å²) in [5.41, 5.74) is -4.55. The lowest BCUT2D eigenvalue weighted by molar-refractivity contribution is -0.141. The Labute approximate surface area is 92.1 Å². The van der Waals surface area contributed by atoms with Crippen molar-refractivity contribution in [2.24, 2.45) is 0 Å². The van der Waals surface area contributed by atoms with Crippen molar-refractivity contribution in [3.63, 3.8) is 0 Å². The first kappa shape index (κ1) is 13.3. The van der Waals surface area contributed by atoms with Gasteiger partial charge >= 0.3 is 6.18 Å². The van der Waals surface area contributed by atoms with Crippen LogP contribution in [-0.4, -0.2) is 10.1 Å². The van der Waals surface area contributed by atoms with Gasteiger partial charge in [0.2, 0.25) is 0 Å². The summed E-state index contributed by atoms with van der Waals surface area (Å²) < 4.78 is 62.3. The van der Waals surface area contributed by atoms with E-state index < -0.39 is 41.6 Å². The number of alkyl halides is 5. The molecule has 1 N–H and O–H groups in total. The molecule has 3 nitrogen and oxygen atoms in total. The van der Waals surface area contributed by atoms with E-state index in [0.717, 1.165) is 6.07 Å². The van der Waals surface area contributed by atoms with Crippen molar-refractivity contribution in [1.29, 1.82) is 5.26 Å². The first-order valence-corrected chi connectivity index (χ1v) is 4.21. The number of hydrogen-bond acceptors (Lipinski definition) is 3. The highest BCUT2D eigenvalue weighted by Crippen LogP contribution is 2.35. The molecule has 0 aliphatic heterocycles. The summed E-state index contributed by atoms with van der Waals surface area (Å²) in [7, 11) is 0. The van der Waals surface area contributed by atoms with Crippen molar-refractivity contribution in [2.75, 3.05) is 0 Å². The predicted molar refractivity (Wildman–Crippen MR) is 44.8 cm³/mol. The lowest BCUT2D eigenvalue weighted by Crippen LogP contribution is -2.14. The third-order valence-electron chi connectivity index (χ3n) is 1.97. The van der Waals surface area contributed by atoms with Crippen LogP contribution in [-0.2, 0) is 12.8 Å². The zero-order valence-corrected chi connectivity index (χ0v) is 8.09. The van der Waals surface area contributed by atoms with Crippen LogP contribution in [0.1, 0.15) is 28.8 Å². The molecule has 0 radical (unpaired) electrons. The number of aliphatic hydroxyl groups excluding tert-OH is 1. The van der Waals surface area contributed by atoms with Crippen LogP contribution in [0.5, 0.6) is 0 Å². The van der Waals surface area contributed by atoms with E-state index in [9.17, 15) is 22.0 Å². The number of hydrogen-bond donors (Lipinski definition) is 1. The average Bonchev–Trinajstić information content (AvgIpc) is 2.25. The zero-order chi connectivity index (χ0) is 13.2. The van der Waals surface area contributed by atoms with Gasteiger partial charge in [-0.15, -0.1) is 0 Å². The Kier molecular flexibility index (Phi) is 3.63. The SMILES string of the molecule is N#Cc1c(C(F)(F)F)ncc(CO)c1C(F)F. The van der Waals surface area contributed by atoms with E-state index in [-0.39, 0.29) is 0 Å². The van der Waals surface area contributed by atoms with E-state index in [4.69, 9.17) is 10.4 Å². The third kappa shape index (κ3) is 2.50. The molecule has 0 unspecified atom stereocenters. The van der Waals surface area contributed by atoms with E-state index in [2.05, 4.69) is 4.98 Å². The van der Waals surface area contributed by atoms with Gasteiger partial charge in [0.25, 0.3) is 6.43 Å². The zero-order valence-electron chi connectivity index (χ0n) is 8.09. The minimum absolute atomic E-state index is 0.491. The van der Waals surface area contributed by atoms with Gasteiger partial charge in [-0.05, 0) is 0 Å². The molecule has 17 heavy (non-hydrogen) atoms. The Bertz CT molecular complexity index is 464. The summed E-state index contributed by atoms with van der Waals surface area (Å²) in [4.78, 5) is 2.89. The summed E-state index contributed by atoms with van der Waals surface area (Å²) in [5, 5.41) is 17.2. The Hall–Kier alpha value is -1.75. The number of pyridine rings is 1. The summed E-state index contributed by atoms with van der Waals surface area (Å²) >= 11 is 0. The fourth-order valence-electron chi connectivity index (χ4n) is 1.27. The standard InChI is InChI=1S/C9H5F5N2O/c10-8(11)6-4(3-17)2-16-7(5(6)1-15)9(12,13)14/h2,8,17H,3H2. The highest BCUT2D eigenvalue weighted by Gasteiger charge is 2.38. The molecule has 0 aliphatic carbocycles. The van der Waals surface area contributed by atoms with E-state index in [1.165, 1.54) is 0 Å². The van der Waals surface area contributed by atoms with Crippen LogP contribution in [0.25, 0.3) is 0 Å². The first-order valence-electron chi connectivity index (χ1n) is 4.21. The quantitative estimate of drug-likeness (QED) is 0.822. The molecule has 0 fully saturated rings. The molecule has 0 saturated carbocycles. The second-order valence-corrected chi connectivity index (χ2v) is 2.99. The molecule has 0 amide bonds. The lowest BCUT2D eigenvalue weighted by Gasteiger charge is -2.13. The van der Waals surface area contributed by atoms with Crippen molar-refractivity contribution in [1.82, 2.24) is 4.98 Å². The minimum Gasteiger partial charge on any atom is -0.392 e. The van der Waals surface area contributed by atoms with Crippen LogP contribution in [0.15, 0.2) is 6.20 Å². The van der Waals surface area contributed by atoms with Crippen LogP contribution in [0, 0.1) is 11.3 Å². The van der Waals surface area contributed by atoms with Gasteiger partial charge in [-0.2, -0.15) is 18.4 Å². The predicted octanol–water partition coefficient (Wildman–Crippen LogP) is 2.40. The molecule has 1 heterocycles. The number of aliphatic hydroxyl groups is 1. The summed E-state index contributed by atoms with van der Waals surface area (Å²) in [5.74, 6) is 0. The van der Waals surface area contributed by atoms with Crippen LogP contribution in [0.4, 0.5) is 22.0 Å². The van der Waals surface area contributed by atoms with Crippen molar-refractivity contribution in [3.8, 4) is 6.07 Å². The summed E-state index contributed by atoms with van der Waals surface area (Å²) in [6.45, 7) is -0.917. The lowest BCUT2D eigenvalue weighted by atomic mass is 10.0. The van der Waals surface area contributed by atoms with Gasteiger partial charge in [0.1, 0.15) is 6.07 Å². The second-order valence-electron chi connectivity index (χ2n) is 2.99. The third-order valence-corrected chi connectivity index (χ3v) is 1.97. The monoisotopic (exact) mass is 252 g/mol. The molecule has 92 valence electrons. The maximum Gasteiger partial charge on any atom is 0.434 e. The Morgan fingerprint density at radius 3 is 2.35 bits per heavy atom. The summed E-state index contributed by atoms with van der Waals surface area (Å²) in [6.07, 6.45) is -7.80. The van der Waals surface area contributed by atoms with Crippen LogP contribution >= 0.6 is 0 Å². The van der Waals surface area contributed by atoms with Crippen molar-refractivity contribution < 1.29 is 27.1 Å². The maximum atomic E-state index is 12.6. The van der Waals surface area contributed by atoms with Crippen LogP contribution < -0.4 is 0 Å². The highest BCUT2D eigenvalue weighted by atomic mass is 19.4. The summed E-state index contributed by atoms with van der Waals surface area (Å²) in [6, 6.07) is 1.05. The smallest absolute Gasteiger partial charge is 0.392 e. The molecule has 1 aromatic heterocycles. The average molecular weight is 252 g/mol. The molecule has 0 bridgehead atoms. The van der Waals surface area contributed by atoms with Gasteiger partial charge in [0.05, 0.1) is 12.2 Å². The van der Waals surface area contributed by atoms with E-state index >= 15 is 0 Å². The second kappa shape index (κ2) is 4.63. The van der Waals surface area contributed by atoms with Crippen molar-refractivity contribution in [3.05, 3.63) is 28.6 Å². The molecule has 0 atom stereocenters. The molecule has 1 aromatic rings. The molecular formula is C9H5F5N2O. The van der Waals surface area contributed by atoms with Crippen molar-refractivity contribution >= 4 is 0 Å². The number of rotatable bonds is 2. The molecule has 0 spiro atoms. The fraction of sp³-hybridized carbons (Fsp3) is 0.333. The maximum absolute atomic E-state index is 12.6. The largest absolute Gasteiger partial charge is 0.434 e. The first-order chi connectivity index (χ1) is 7.82.